The molecule has 0 aliphatic rings. The van der Waals surface area contributed by atoms with Crippen molar-refractivity contribution in [3.63, 3.8) is 0 Å². The highest BCUT2D eigenvalue weighted by atomic mass is 35.5. The Morgan fingerprint density at radius 1 is 1.24 bits per heavy atom. The van der Waals surface area contributed by atoms with E-state index in [1.807, 2.05) is 0 Å². The van der Waals surface area contributed by atoms with Crippen molar-refractivity contribution in [2.45, 2.75) is 0 Å². The molecule has 0 fully saturated rings. The summed E-state index contributed by atoms with van der Waals surface area (Å²) in [6.07, 6.45) is 1.17. The normalized spacial score (nSPS) is 10.2. The molecule has 1 heterocycles. The topological polar surface area (TPSA) is 68.9 Å². The maximum absolute atomic E-state index is 10.9. The quantitative estimate of drug-likeness (QED) is 0.476. The summed E-state index contributed by atoms with van der Waals surface area (Å²) in [5, 5.41) is 11.2. The molecule has 0 unspecified atom stereocenters. The Balaban J connectivity index is 2.67. The minimum absolute atomic E-state index is 0.150. The first-order valence-corrected chi connectivity index (χ1v) is 5.26. The number of hydrogen-bond donors (Lipinski definition) is 0. The van der Waals surface area contributed by atoms with Crippen molar-refractivity contribution >= 4 is 28.9 Å². The first kappa shape index (κ1) is 11.8. The lowest BCUT2D eigenvalue weighted by molar-refractivity contribution is -0.384. The standard InChI is InChI=1S/C10H5Cl2N3O2/c11-7-3-1-2-6(4-7)8-9(15(16)17)10(12)14-5-13-8/h1-5H. The van der Waals surface area contributed by atoms with E-state index in [9.17, 15) is 10.1 Å². The number of hydrogen-bond acceptors (Lipinski definition) is 4. The Morgan fingerprint density at radius 3 is 2.65 bits per heavy atom. The SMILES string of the molecule is O=[N+]([O-])c1c(Cl)ncnc1-c1cccc(Cl)c1. The molecule has 0 bridgehead atoms. The lowest BCUT2D eigenvalue weighted by atomic mass is 10.1. The molecule has 0 saturated carbocycles. The van der Waals surface area contributed by atoms with E-state index in [1.165, 1.54) is 6.33 Å². The molecule has 0 aliphatic heterocycles. The van der Waals surface area contributed by atoms with Crippen molar-refractivity contribution in [1.29, 1.82) is 0 Å². The van der Waals surface area contributed by atoms with Gasteiger partial charge in [-0.2, -0.15) is 0 Å². The van der Waals surface area contributed by atoms with Crippen LogP contribution in [0.2, 0.25) is 10.2 Å². The largest absolute Gasteiger partial charge is 0.332 e. The molecule has 2 rings (SSSR count). The van der Waals surface area contributed by atoms with Crippen LogP contribution >= 0.6 is 23.2 Å². The summed E-state index contributed by atoms with van der Waals surface area (Å²) in [7, 11) is 0. The van der Waals surface area contributed by atoms with Crippen molar-refractivity contribution in [3.8, 4) is 11.3 Å². The molecule has 2 aromatic rings. The molecule has 5 nitrogen and oxygen atoms in total. The average molecular weight is 270 g/mol. The van der Waals surface area contributed by atoms with Crippen LogP contribution < -0.4 is 0 Å². The van der Waals surface area contributed by atoms with E-state index in [0.717, 1.165) is 0 Å². The molecule has 0 aliphatic carbocycles. The summed E-state index contributed by atoms with van der Waals surface area (Å²) in [4.78, 5) is 17.8. The Labute approximate surface area is 106 Å². The van der Waals surface area contributed by atoms with Gasteiger partial charge in [-0.15, -0.1) is 0 Å². The number of nitro groups is 1. The Kier molecular flexibility index (Phi) is 3.21. The summed E-state index contributed by atoms with van der Waals surface area (Å²) in [5.74, 6) is 0. The number of rotatable bonds is 2. The molecule has 0 saturated heterocycles. The van der Waals surface area contributed by atoms with Gasteiger partial charge in [0, 0.05) is 10.6 Å². The third kappa shape index (κ3) is 2.35. The number of nitrogens with zero attached hydrogens (tertiary/aromatic N) is 3. The van der Waals surface area contributed by atoms with E-state index < -0.39 is 4.92 Å². The zero-order chi connectivity index (χ0) is 12.4. The lowest BCUT2D eigenvalue weighted by Crippen LogP contribution is -1.97. The van der Waals surface area contributed by atoms with Crippen molar-refractivity contribution in [3.05, 3.63) is 50.9 Å². The maximum atomic E-state index is 10.9. The molecule has 0 amide bonds. The number of aromatic nitrogens is 2. The predicted molar refractivity (Wildman–Crippen MR) is 64.1 cm³/mol. The molecular formula is C10H5Cl2N3O2. The van der Waals surface area contributed by atoms with Crippen LogP contribution in [0.4, 0.5) is 5.69 Å². The fraction of sp³-hybridized carbons (Fsp3) is 0. The molecule has 0 spiro atoms. The summed E-state index contributed by atoms with van der Waals surface area (Å²) in [6, 6.07) is 6.59. The van der Waals surface area contributed by atoms with Crippen molar-refractivity contribution in [1.82, 2.24) is 9.97 Å². The van der Waals surface area contributed by atoms with Gasteiger partial charge in [-0.1, -0.05) is 35.3 Å². The van der Waals surface area contributed by atoms with Gasteiger partial charge in [0.1, 0.15) is 6.33 Å². The molecule has 1 aromatic carbocycles. The second-order valence-electron chi connectivity index (χ2n) is 3.13. The predicted octanol–water partition coefficient (Wildman–Crippen LogP) is 3.36. The Hall–Kier alpha value is -1.72. The van der Waals surface area contributed by atoms with Gasteiger partial charge >= 0.3 is 5.69 Å². The summed E-state index contributed by atoms with van der Waals surface area (Å²) in [5.41, 5.74) is 0.349. The highest BCUT2D eigenvalue weighted by Crippen LogP contribution is 2.33. The first-order chi connectivity index (χ1) is 8.09. The zero-order valence-corrected chi connectivity index (χ0v) is 9.81. The third-order valence-electron chi connectivity index (χ3n) is 2.06. The van der Waals surface area contributed by atoms with Crippen LogP contribution in [-0.2, 0) is 0 Å². The molecule has 0 atom stereocenters. The van der Waals surface area contributed by atoms with E-state index in [4.69, 9.17) is 23.2 Å². The minimum atomic E-state index is -0.613. The van der Waals surface area contributed by atoms with Gasteiger partial charge in [0.2, 0.25) is 5.15 Å². The van der Waals surface area contributed by atoms with E-state index in [-0.39, 0.29) is 16.5 Å². The van der Waals surface area contributed by atoms with Crippen LogP contribution in [0.15, 0.2) is 30.6 Å². The highest BCUT2D eigenvalue weighted by molar-refractivity contribution is 6.32. The summed E-state index contributed by atoms with van der Waals surface area (Å²) < 4.78 is 0. The zero-order valence-electron chi connectivity index (χ0n) is 8.30. The molecule has 17 heavy (non-hydrogen) atoms. The van der Waals surface area contributed by atoms with Gasteiger partial charge < -0.3 is 0 Å². The fourth-order valence-corrected chi connectivity index (χ4v) is 1.76. The van der Waals surface area contributed by atoms with Gasteiger partial charge in [-0.25, -0.2) is 9.97 Å². The average Bonchev–Trinajstić information content (AvgIpc) is 2.28. The van der Waals surface area contributed by atoms with Crippen LogP contribution in [0.3, 0.4) is 0 Å². The monoisotopic (exact) mass is 269 g/mol. The van der Waals surface area contributed by atoms with Gasteiger partial charge in [-0.3, -0.25) is 10.1 Å². The second-order valence-corrected chi connectivity index (χ2v) is 3.92. The van der Waals surface area contributed by atoms with Gasteiger partial charge in [0.25, 0.3) is 0 Å². The van der Waals surface area contributed by atoms with Crippen molar-refractivity contribution < 1.29 is 4.92 Å². The van der Waals surface area contributed by atoms with Crippen LogP contribution in [-0.4, -0.2) is 14.9 Å². The molecular weight excluding hydrogens is 265 g/mol. The highest BCUT2D eigenvalue weighted by Gasteiger charge is 2.22. The van der Waals surface area contributed by atoms with Gasteiger partial charge in [-0.05, 0) is 12.1 Å². The molecule has 86 valence electrons. The second kappa shape index (κ2) is 4.65. The number of halogens is 2. The Bertz CT molecular complexity index is 590. The van der Waals surface area contributed by atoms with Crippen LogP contribution in [0.1, 0.15) is 0 Å². The van der Waals surface area contributed by atoms with Gasteiger partial charge in [0.05, 0.1) is 4.92 Å². The number of benzene rings is 1. The molecule has 0 radical (unpaired) electrons. The molecule has 1 aromatic heterocycles. The molecule has 7 heteroatoms. The smallest absolute Gasteiger partial charge is 0.258 e. The first-order valence-electron chi connectivity index (χ1n) is 4.50. The molecule has 0 N–H and O–H groups in total. The third-order valence-corrected chi connectivity index (χ3v) is 2.57. The fourth-order valence-electron chi connectivity index (χ4n) is 1.37. The van der Waals surface area contributed by atoms with Crippen molar-refractivity contribution in [2.24, 2.45) is 0 Å². The van der Waals surface area contributed by atoms with Crippen molar-refractivity contribution in [2.75, 3.05) is 0 Å². The van der Waals surface area contributed by atoms with E-state index in [2.05, 4.69) is 9.97 Å². The van der Waals surface area contributed by atoms with E-state index in [0.29, 0.717) is 10.6 Å². The lowest BCUT2D eigenvalue weighted by Gasteiger charge is -2.03. The maximum Gasteiger partial charge on any atom is 0.332 e. The van der Waals surface area contributed by atoms with E-state index in [1.54, 1.807) is 24.3 Å². The van der Waals surface area contributed by atoms with Crippen LogP contribution in [0, 0.1) is 10.1 Å². The van der Waals surface area contributed by atoms with Crippen LogP contribution in [0.25, 0.3) is 11.3 Å². The van der Waals surface area contributed by atoms with Gasteiger partial charge in [0.15, 0.2) is 5.69 Å². The summed E-state index contributed by atoms with van der Waals surface area (Å²) >= 11 is 11.5. The van der Waals surface area contributed by atoms with Crippen LogP contribution in [0.5, 0.6) is 0 Å². The summed E-state index contributed by atoms with van der Waals surface area (Å²) in [6.45, 7) is 0. The van der Waals surface area contributed by atoms with E-state index >= 15 is 0 Å². The Morgan fingerprint density at radius 2 is 2.00 bits per heavy atom. The minimum Gasteiger partial charge on any atom is -0.258 e.